The van der Waals surface area contributed by atoms with Gasteiger partial charge >= 0.3 is 0 Å². The molecule has 0 aliphatic heterocycles. The molecule has 68 heavy (non-hydrogen) atoms. The van der Waals surface area contributed by atoms with Crippen LogP contribution < -0.4 is 4.90 Å². The molecule has 0 aliphatic rings. The lowest BCUT2D eigenvalue weighted by molar-refractivity contribution is 1.18. The van der Waals surface area contributed by atoms with E-state index in [0.717, 1.165) is 28.3 Å². The summed E-state index contributed by atoms with van der Waals surface area (Å²) < 4.78 is 2.45. The van der Waals surface area contributed by atoms with Crippen molar-refractivity contribution >= 4 is 71.2 Å². The van der Waals surface area contributed by atoms with Crippen LogP contribution in [0.4, 0.5) is 17.1 Å². The van der Waals surface area contributed by atoms with Crippen LogP contribution in [0.15, 0.2) is 267 Å². The molecule has 0 saturated heterocycles. The van der Waals surface area contributed by atoms with Crippen LogP contribution in [0, 0.1) is 0 Å². The third-order valence-corrected chi connectivity index (χ3v) is 13.7. The Bertz CT molecular complexity index is 4020. The van der Waals surface area contributed by atoms with Gasteiger partial charge in [0.25, 0.3) is 0 Å². The molecule has 13 aromatic rings. The first-order chi connectivity index (χ1) is 33.7. The summed E-state index contributed by atoms with van der Waals surface area (Å²) in [6, 6.07) is 97.6. The van der Waals surface area contributed by atoms with Crippen LogP contribution >= 0.6 is 0 Å². The Morgan fingerprint density at radius 1 is 0.250 bits per heavy atom. The maximum atomic E-state index is 2.45. The van der Waals surface area contributed by atoms with Crippen LogP contribution in [0.5, 0.6) is 0 Å². The molecule has 0 atom stereocenters. The molecule has 1 heterocycles. The molecule has 0 fully saturated rings. The van der Waals surface area contributed by atoms with Gasteiger partial charge in [-0.3, -0.25) is 0 Å². The van der Waals surface area contributed by atoms with Crippen LogP contribution in [0.3, 0.4) is 0 Å². The summed E-state index contributed by atoms with van der Waals surface area (Å²) in [5, 5.41) is 10.1. The molecule has 13 rings (SSSR count). The number of rotatable bonds is 8. The molecule has 0 bridgehead atoms. The second-order valence-electron chi connectivity index (χ2n) is 17.7. The highest BCUT2D eigenvalue weighted by Gasteiger charge is 2.20. The molecule has 0 aliphatic carbocycles. The van der Waals surface area contributed by atoms with Crippen molar-refractivity contribution in [2.75, 3.05) is 4.90 Å². The molecule has 0 radical (unpaired) electrons. The second-order valence-corrected chi connectivity index (χ2v) is 17.7. The molecule has 0 spiro atoms. The summed E-state index contributed by atoms with van der Waals surface area (Å²) in [5.41, 5.74) is 16.2. The maximum absolute atomic E-state index is 2.45. The van der Waals surface area contributed by atoms with Crippen molar-refractivity contribution in [3.05, 3.63) is 267 Å². The fraction of sp³-hybridized carbons (Fsp3) is 0. The number of hydrogen-bond donors (Lipinski definition) is 0. The number of fused-ring (bicyclic) bond motifs is 8. The smallest absolute Gasteiger partial charge is 0.0547 e. The number of para-hydroxylation sites is 1. The number of benzene rings is 12. The zero-order chi connectivity index (χ0) is 45.0. The van der Waals surface area contributed by atoms with Gasteiger partial charge in [-0.25, -0.2) is 0 Å². The number of aromatic nitrogens is 1. The summed E-state index contributed by atoms with van der Waals surface area (Å²) in [5.74, 6) is 0. The minimum absolute atomic E-state index is 1.07. The summed E-state index contributed by atoms with van der Waals surface area (Å²) in [6.07, 6.45) is 0. The normalized spacial score (nSPS) is 11.5. The van der Waals surface area contributed by atoms with Gasteiger partial charge in [-0.2, -0.15) is 0 Å². The van der Waals surface area contributed by atoms with Gasteiger partial charge in [0.2, 0.25) is 0 Å². The van der Waals surface area contributed by atoms with Gasteiger partial charge in [-0.1, -0.05) is 200 Å². The molecule has 0 saturated carbocycles. The summed E-state index contributed by atoms with van der Waals surface area (Å²) in [4.78, 5) is 2.41. The van der Waals surface area contributed by atoms with E-state index < -0.39 is 0 Å². The minimum atomic E-state index is 1.07. The Morgan fingerprint density at radius 2 is 0.824 bits per heavy atom. The SMILES string of the molecule is c1ccc(-c2cccc(N(c3ccc(-c4cc5ccccc5c5ccccc45)cc3)c3cccc(-c4cc(-n5c6ccccc6c6c7ccccc7ccc65)ccc4-c4ccccc4)c3)c2)cc1. The summed E-state index contributed by atoms with van der Waals surface area (Å²) >= 11 is 0. The predicted octanol–water partition coefficient (Wildman–Crippen LogP) is 18.4. The highest BCUT2D eigenvalue weighted by atomic mass is 15.1. The van der Waals surface area contributed by atoms with E-state index in [-0.39, 0.29) is 0 Å². The monoisotopic (exact) mass is 864 g/mol. The topological polar surface area (TPSA) is 8.17 Å². The Kier molecular flexibility index (Phi) is 9.54. The lowest BCUT2D eigenvalue weighted by Gasteiger charge is -2.27. The molecular weight excluding hydrogens is 821 g/mol. The van der Waals surface area contributed by atoms with E-state index >= 15 is 0 Å². The Balaban J connectivity index is 0.990. The van der Waals surface area contributed by atoms with Gasteiger partial charge in [-0.05, 0) is 144 Å². The zero-order valence-corrected chi connectivity index (χ0v) is 37.3. The van der Waals surface area contributed by atoms with Crippen LogP contribution in [-0.4, -0.2) is 4.57 Å². The van der Waals surface area contributed by atoms with Crippen molar-refractivity contribution in [2.24, 2.45) is 0 Å². The largest absolute Gasteiger partial charge is 0.310 e. The Labute approximate surface area is 395 Å². The van der Waals surface area contributed by atoms with E-state index in [4.69, 9.17) is 0 Å². The second kappa shape index (κ2) is 16.5. The van der Waals surface area contributed by atoms with Crippen LogP contribution in [-0.2, 0) is 0 Å². The molecular formula is C66H44N2. The molecule has 2 heteroatoms. The highest BCUT2D eigenvalue weighted by Crippen LogP contribution is 2.44. The van der Waals surface area contributed by atoms with Crippen molar-refractivity contribution in [3.63, 3.8) is 0 Å². The quantitative estimate of drug-likeness (QED) is 0.138. The van der Waals surface area contributed by atoms with E-state index in [1.165, 1.54) is 93.1 Å². The molecule has 1 aromatic heterocycles. The molecule has 0 amide bonds. The Hall–Kier alpha value is -8.98. The number of nitrogens with zero attached hydrogens (tertiary/aromatic N) is 2. The number of hydrogen-bond acceptors (Lipinski definition) is 1. The van der Waals surface area contributed by atoms with Gasteiger partial charge in [-0.15, -0.1) is 0 Å². The summed E-state index contributed by atoms with van der Waals surface area (Å²) in [6.45, 7) is 0. The van der Waals surface area contributed by atoms with E-state index in [1.54, 1.807) is 0 Å². The molecule has 318 valence electrons. The van der Waals surface area contributed by atoms with E-state index in [9.17, 15) is 0 Å². The fourth-order valence-corrected chi connectivity index (χ4v) is 10.6. The molecule has 0 unspecified atom stereocenters. The van der Waals surface area contributed by atoms with Gasteiger partial charge < -0.3 is 9.47 Å². The van der Waals surface area contributed by atoms with Gasteiger partial charge in [0, 0.05) is 33.5 Å². The van der Waals surface area contributed by atoms with E-state index in [2.05, 4.69) is 276 Å². The van der Waals surface area contributed by atoms with Gasteiger partial charge in [0.1, 0.15) is 0 Å². The van der Waals surface area contributed by atoms with Crippen molar-refractivity contribution in [3.8, 4) is 50.2 Å². The predicted molar refractivity (Wildman–Crippen MR) is 290 cm³/mol. The molecule has 2 nitrogen and oxygen atoms in total. The molecule has 12 aromatic carbocycles. The standard InChI is InChI=1S/C66H44N2/c1-3-17-45(18-4-1)49-23-15-25-53(41-49)67(52-36-33-48(34-37-52)62-43-51-22-8-9-27-56(51)59-29-11-12-30-60(59)62)54-26-16-24-50(42-54)63-44-55(38-39-57(63)46-19-5-2-6-20-46)68-64-32-14-13-31-61(64)66-58-28-10-7-21-47(58)35-40-65(66)68/h1-44H. The Morgan fingerprint density at radius 3 is 1.59 bits per heavy atom. The first-order valence-electron chi connectivity index (χ1n) is 23.4. The first kappa shape index (κ1) is 39.4. The van der Waals surface area contributed by atoms with Gasteiger partial charge in [0.15, 0.2) is 0 Å². The lowest BCUT2D eigenvalue weighted by Crippen LogP contribution is -2.10. The highest BCUT2D eigenvalue weighted by molar-refractivity contribution is 6.21. The first-order valence-corrected chi connectivity index (χ1v) is 23.4. The van der Waals surface area contributed by atoms with Crippen LogP contribution in [0.25, 0.3) is 104 Å². The lowest BCUT2D eigenvalue weighted by atomic mass is 9.93. The number of anilines is 3. The van der Waals surface area contributed by atoms with E-state index in [0.29, 0.717) is 0 Å². The van der Waals surface area contributed by atoms with E-state index in [1.807, 2.05) is 0 Å². The maximum Gasteiger partial charge on any atom is 0.0547 e. The average Bonchev–Trinajstić information content (AvgIpc) is 3.76. The van der Waals surface area contributed by atoms with Gasteiger partial charge in [0.05, 0.1) is 11.0 Å². The summed E-state index contributed by atoms with van der Waals surface area (Å²) in [7, 11) is 0. The minimum Gasteiger partial charge on any atom is -0.310 e. The average molecular weight is 865 g/mol. The van der Waals surface area contributed by atoms with Crippen molar-refractivity contribution in [1.29, 1.82) is 0 Å². The molecule has 0 N–H and O–H groups in total. The third-order valence-electron chi connectivity index (χ3n) is 13.7. The van der Waals surface area contributed by atoms with Crippen molar-refractivity contribution in [1.82, 2.24) is 4.57 Å². The van der Waals surface area contributed by atoms with Crippen molar-refractivity contribution < 1.29 is 0 Å². The fourth-order valence-electron chi connectivity index (χ4n) is 10.6. The van der Waals surface area contributed by atoms with Crippen LogP contribution in [0.2, 0.25) is 0 Å². The zero-order valence-electron chi connectivity index (χ0n) is 37.3. The van der Waals surface area contributed by atoms with Crippen LogP contribution in [0.1, 0.15) is 0 Å². The van der Waals surface area contributed by atoms with Crippen molar-refractivity contribution in [2.45, 2.75) is 0 Å². The third kappa shape index (κ3) is 6.73.